The van der Waals surface area contributed by atoms with Gasteiger partial charge in [0.15, 0.2) is 0 Å². The fourth-order valence-electron chi connectivity index (χ4n) is 2.99. The summed E-state index contributed by atoms with van der Waals surface area (Å²) < 4.78 is 5.71. The second-order valence-corrected chi connectivity index (χ2v) is 5.81. The summed E-state index contributed by atoms with van der Waals surface area (Å²) in [6, 6.07) is 6.45. The molecule has 2 saturated heterocycles. The highest BCUT2D eigenvalue weighted by atomic mass is 16.5. The Morgan fingerprint density at radius 2 is 2.25 bits per heavy atom. The van der Waals surface area contributed by atoms with E-state index < -0.39 is 0 Å². The Bertz CT molecular complexity index is 477. The lowest BCUT2D eigenvalue weighted by Crippen LogP contribution is -2.53. The van der Waals surface area contributed by atoms with Gasteiger partial charge in [-0.15, -0.1) is 0 Å². The van der Waals surface area contributed by atoms with Gasteiger partial charge in [0.25, 0.3) is 0 Å². The van der Waals surface area contributed by atoms with Crippen LogP contribution in [0.3, 0.4) is 0 Å². The predicted octanol–water partition coefficient (Wildman–Crippen LogP) is 0.902. The molecule has 0 spiro atoms. The van der Waals surface area contributed by atoms with Crippen molar-refractivity contribution < 1.29 is 9.53 Å². The second kappa shape index (κ2) is 5.50. The number of pyridine rings is 1. The van der Waals surface area contributed by atoms with Gasteiger partial charge in [0, 0.05) is 25.3 Å². The number of likely N-dealkylation sites (tertiary alicyclic amines) is 1. The third-order valence-corrected chi connectivity index (χ3v) is 4.20. The quantitative estimate of drug-likeness (QED) is 0.822. The molecule has 3 rings (SSSR count). The van der Waals surface area contributed by atoms with Gasteiger partial charge in [-0.3, -0.25) is 14.7 Å². The third kappa shape index (κ3) is 2.55. The van der Waals surface area contributed by atoms with E-state index >= 15 is 0 Å². The van der Waals surface area contributed by atoms with Crippen LogP contribution in [0.15, 0.2) is 24.4 Å². The molecular formula is C15H21N3O2. The van der Waals surface area contributed by atoms with E-state index in [9.17, 15) is 4.79 Å². The summed E-state index contributed by atoms with van der Waals surface area (Å²) in [7, 11) is 0. The summed E-state index contributed by atoms with van der Waals surface area (Å²) in [5.74, 6) is 0.0718. The van der Waals surface area contributed by atoms with E-state index in [1.54, 1.807) is 6.20 Å². The van der Waals surface area contributed by atoms with Crippen molar-refractivity contribution in [3.63, 3.8) is 0 Å². The van der Waals surface area contributed by atoms with Crippen molar-refractivity contribution in [2.75, 3.05) is 19.7 Å². The van der Waals surface area contributed by atoms with E-state index in [0.29, 0.717) is 12.6 Å². The topological polar surface area (TPSA) is 45.7 Å². The maximum atomic E-state index is 12.2. The molecule has 0 aromatic carbocycles. The SMILES string of the molecule is CC(C)N1C[C@@H]2OCC(=O)N(Cc3ccccn3)[C@@H]2C1. The van der Waals surface area contributed by atoms with Crippen molar-refractivity contribution in [2.45, 2.75) is 38.6 Å². The van der Waals surface area contributed by atoms with E-state index in [4.69, 9.17) is 4.74 Å². The molecular weight excluding hydrogens is 254 g/mol. The highest BCUT2D eigenvalue weighted by Crippen LogP contribution is 2.26. The monoisotopic (exact) mass is 275 g/mol. The smallest absolute Gasteiger partial charge is 0.249 e. The zero-order chi connectivity index (χ0) is 14.1. The van der Waals surface area contributed by atoms with Gasteiger partial charge >= 0.3 is 0 Å². The van der Waals surface area contributed by atoms with Crippen LogP contribution in [0.1, 0.15) is 19.5 Å². The van der Waals surface area contributed by atoms with E-state index in [2.05, 4.69) is 23.7 Å². The van der Waals surface area contributed by atoms with Crippen LogP contribution in [0.4, 0.5) is 0 Å². The summed E-state index contributed by atoms with van der Waals surface area (Å²) in [5.41, 5.74) is 0.935. The zero-order valence-electron chi connectivity index (χ0n) is 12.0. The Morgan fingerprint density at radius 1 is 1.40 bits per heavy atom. The number of amides is 1. The zero-order valence-corrected chi connectivity index (χ0v) is 12.0. The molecule has 0 radical (unpaired) electrons. The van der Waals surface area contributed by atoms with Crippen LogP contribution in [0.2, 0.25) is 0 Å². The van der Waals surface area contributed by atoms with Gasteiger partial charge in [-0.25, -0.2) is 0 Å². The molecule has 0 aliphatic carbocycles. The number of carbonyl (C=O) groups is 1. The lowest BCUT2D eigenvalue weighted by molar-refractivity contribution is -0.154. The molecule has 1 amide bonds. The fraction of sp³-hybridized carbons (Fsp3) is 0.600. The standard InChI is InChI=1S/C15H21N3O2/c1-11(2)17-8-13-14(9-17)20-10-15(19)18(13)7-12-5-3-4-6-16-12/h3-6,11,13-14H,7-10H2,1-2H3/t13-,14+/m1/s1. The predicted molar refractivity (Wildman–Crippen MR) is 75.0 cm³/mol. The van der Waals surface area contributed by atoms with Gasteiger partial charge in [0.2, 0.25) is 5.91 Å². The number of nitrogens with zero attached hydrogens (tertiary/aromatic N) is 3. The van der Waals surface area contributed by atoms with Gasteiger partial charge in [-0.05, 0) is 26.0 Å². The van der Waals surface area contributed by atoms with Crippen molar-refractivity contribution in [2.24, 2.45) is 0 Å². The Labute approximate surface area is 119 Å². The van der Waals surface area contributed by atoms with Crippen LogP contribution in [0.5, 0.6) is 0 Å². The summed E-state index contributed by atoms with van der Waals surface area (Å²) in [6.07, 6.45) is 1.91. The molecule has 5 heteroatoms. The Kier molecular flexibility index (Phi) is 3.72. The number of fused-ring (bicyclic) bond motifs is 1. The molecule has 0 bridgehead atoms. The van der Waals surface area contributed by atoms with E-state index in [1.165, 1.54) is 0 Å². The van der Waals surface area contributed by atoms with Gasteiger partial charge in [-0.2, -0.15) is 0 Å². The Morgan fingerprint density at radius 3 is 2.95 bits per heavy atom. The summed E-state index contributed by atoms with van der Waals surface area (Å²) in [6.45, 7) is 6.94. The average Bonchev–Trinajstić information content (AvgIpc) is 2.88. The number of morpholine rings is 1. The maximum absolute atomic E-state index is 12.2. The molecule has 108 valence electrons. The first kappa shape index (κ1) is 13.5. The normalized spacial score (nSPS) is 27.1. The molecule has 1 aromatic rings. The van der Waals surface area contributed by atoms with E-state index in [1.807, 2.05) is 23.1 Å². The van der Waals surface area contributed by atoms with Crippen molar-refractivity contribution in [1.29, 1.82) is 0 Å². The number of aromatic nitrogens is 1. The van der Waals surface area contributed by atoms with Crippen LogP contribution in [0, 0.1) is 0 Å². The van der Waals surface area contributed by atoms with Crippen LogP contribution >= 0.6 is 0 Å². The summed E-state index contributed by atoms with van der Waals surface area (Å²) in [5, 5.41) is 0. The minimum absolute atomic E-state index is 0.0718. The molecule has 20 heavy (non-hydrogen) atoms. The fourth-order valence-corrected chi connectivity index (χ4v) is 2.99. The third-order valence-electron chi connectivity index (χ3n) is 4.20. The number of carbonyl (C=O) groups excluding carboxylic acids is 1. The van der Waals surface area contributed by atoms with Crippen LogP contribution in [-0.4, -0.2) is 58.6 Å². The molecule has 2 aliphatic rings. The molecule has 2 fully saturated rings. The lowest BCUT2D eigenvalue weighted by Gasteiger charge is -2.36. The molecule has 0 saturated carbocycles. The van der Waals surface area contributed by atoms with Gasteiger partial charge in [-0.1, -0.05) is 6.07 Å². The molecule has 5 nitrogen and oxygen atoms in total. The number of ether oxygens (including phenoxy) is 1. The van der Waals surface area contributed by atoms with Gasteiger partial charge in [0.05, 0.1) is 24.4 Å². The number of hydrogen-bond donors (Lipinski definition) is 0. The first-order valence-electron chi connectivity index (χ1n) is 7.20. The first-order valence-corrected chi connectivity index (χ1v) is 7.20. The van der Waals surface area contributed by atoms with E-state index in [-0.39, 0.29) is 24.7 Å². The number of hydrogen-bond acceptors (Lipinski definition) is 4. The highest BCUT2D eigenvalue weighted by molar-refractivity contribution is 5.78. The molecule has 0 unspecified atom stereocenters. The largest absolute Gasteiger partial charge is 0.365 e. The van der Waals surface area contributed by atoms with Crippen LogP contribution in [0.25, 0.3) is 0 Å². The number of rotatable bonds is 3. The van der Waals surface area contributed by atoms with Crippen molar-refractivity contribution in [3.8, 4) is 0 Å². The molecule has 2 aliphatic heterocycles. The molecule has 3 heterocycles. The van der Waals surface area contributed by atoms with Gasteiger partial charge in [0.1, 0.15) is 6.61 Å². The van der Waals surface area contributed by atoms with Crippen molar-refractivity contribution in [3.05, 3.63) is 30.1 Å². The minimum Gasteiger partial charge on any atom is -0.365 e. The van der Waals surface area contributed by atoms with Crippen LogP contribution < -0.4 is 0 Å². The summed E-state index contributed by atoms with van der Waals surface area (Å²) >= 11 is 0. The van der Waals surface area contributed by atoms with Crippen LogP contribution in [-0.2, 0) is 16.1 Å². The second-order valence-electron chi connectivity index (χ2n) is 5.81. The minimum atomic E-state index is 0.0718. The van der Waals surface area contributed by atoms with Gasteiger partial charge < -0.3 is 9.64 Å². The van der Waals surface area contributed by atoms with E-state index in [0.717, 1.165) is 18.8 Å². The molecule has 1 aromatic heterocycles. The van der Waals surface area contributed by atoms with Crippen molar-refractivity contribution >= 4 is 5.91 Å². The van der Waals surface area contributed by atoms with Crippen molar-refractivity contribution in [1.82, 2.24) is 14.8 Å². The summed E-state index contributed by atoms with van der Waals surface area (Å²) in [4.78, 5) is 20.8. The Hall–Kier alpha value is -1.46. The first-order chi connectivity index (χ1) is 9.65. The lowest BCUT2D eigenvalue weighted by atomic mass is 10.1. The molecule has 0 N–H and O–H groups in total. The maximum Gasteiger partial charge on any atom is 0.249 e. The molecule has 2 atom stereocenters. The highest BCUT2D eigenvalue weighted by Gasteiger charge is 2.43. The average molecular weight is 275 g/mol. The Balaban J connectivity index is 1.76.